The molecule has 2 aliphatic rings. The van der Waals surface area contributed by atoms with E-state index in [1.807, 2.05) is 0 Å². The van der Waals surface area contributed by atoms with E-state index in [1.54, 1.807) is 12.1 Å². The van der Waals surface area contributed by atoms with Crippen LogP contribution in [0.1, 0.15) is 19.3 Å². The summed E-state index contributed by atoms with van der Waals surface area (Å²) in [7, 11) is -2.03. The van der Waals surface area contributed by atoms with Crippen LogP contribution >= 0.6 is 0 Å². The van der Waals surface area contributed by atoms with Gasteiger partial charge in [-0.05, 0) is 44.4 Å². The van der Waals surface area contributed by atoms with Gasteiger partial charge in [0.25, 0.3) is 0 Å². The molecule has 0 amide bonds. The molecule has 1 atom stereocenters. The number of likely N-dealkylation sites (tertiary alicyclic amines) is 1. The molecule has 2 saturated heterocycles. The van der Waals surface area contributed by atoms with E-state index < -0.39 is 10.0 Å². The number of nitrogens with one attached hydrogen (secondary N) is 2. The first kappa shape index (κ1) is 17.6. The normalized spacial score (nSPS) is 23.5. The van der Waals surface area contributed by atoms with Gasteiger partial charge in [0.2, 0.25) is 10.0 Å². The third-order valence-corrected chi connectivity index (χ3v) is 6.19. The van der Waals surface area contributed by atoms with Crippen molar-refractivity contribution < 1.29 is 13.2 Å². The zero-order valence-electron chi connectivity index (χ0n) is 14.1. The van der Waals surface area contributed by atoms with Gasteiger partial charge in [0, 0.05) is 38.5 Å². The molecule has 0 aliphatic carbocycles. The summed E-state index contributed by atoms with van der Waals surface area (Å²) in [5, 5.41) is 3.41. The molecule has 24 heavy (non-hydrogen) atoms. The number of ether oxygens (including phenoxy) is 1. The highest BCUT2D eigenvalue weighted by Crippen LogP contribution is 2.20. The lowest BCUT2D eigenvalue weighted by atomic mass is 10.0. The Morgan fingerprint density at radius 3 is 2.67 bits per heavy atom. The summed E-state index contributed by atoms with van der Waals surface area (Å²) in [5.74, 6) is 1.42. The van der Waals surface area contributed by atoms with Gasteiger partial charge in [0.15, 0.2) is 0 Å². The second-order valence-electron chi connectivity index (χ2n) is 6.54. The summed E-state index contributed by atoms with van der Waals surface area (Å²) < 4.78 is 31.1. The molecule has 134 valence electrons. The molecule has 1 aromatic rings. The first-order valence-electron chi connectivity index (χ1n) is 8.53. The van der Waals surface area contributed by atoms with Crippen LogP contribution in [0.15, 0.2) is 23.2 Å². The summed E-state index contributed by atoms with van der Waals surface area (Å²) >= 11 is 0. The van der Waals surface area contributed by atoms with E-state index in [0.29, 0.717) is 12.0 Å². The lowest BCUT2D eigenvalue weighted by Crippen LogP contribution is -2.41. The van der Waals surface area contributed by atoms with E-state index in [2.05, 4.69) is 19.9 Å². The maximum absolute atomic E-state index is 11.7. The van der Waals surface area contributed by atoms with E-state index in [-0.39, 0.29) is 4.90 Å². The number of anilines is 1. The molecule has 2 aliphatic heterocycles. The molecule has 8 heteroatoms. The minimum atomic E-state index is -3.42. The standard InChI is InChI=1S/C16H26N4O3S/c1-17-24(21,22)15-2-3-16(18-10-15)19-14-4-7-20(8-5-14)11-13-6-9-23-12-13/h2-3,10,13-14,17H,4-9,11-12H2,1H3,(H,18,19). The van der Waals surface area contributed by atoms with Gasteiger partial charge in [0.05, 0.1) is 6.61 Å². The van der Waals surface area contributed by atoms with E-state index in [9.17, 15) is 8.42 Å². The Kier molecular flexibility index (Phi) is 5.70. The predicted octanol–water partition coefficient (Wildman–Crippen LogP) is 0.903. The van der Waals surface area contributed by atoms with E-state index in [4.69, 9.17) is 4.74 Å². The Morgan fingerprint density at radius 2 is 2.08 bits per heavy atom. The minimum Gasteiger partial charge on any atom is -0.381 e. The summed E-state index contributed by atoms with van der Waals surface area (Å²) in [6, 6.07) is 3.70. The Hall–Kier alpha value is -1.22. The van der Waals surface area contributed by atoms with Gasteiger partial charge in [-0.2, -0.15) is 0 Å². The lowest BCUT2D eigenvalue weighted by molar-refractivity contribution is 0.154. The van der Waals surface area contributed by atoms with Gasteiger partial charge in [-0.15, -0.1) is 0 Å². The maximum atomic E-state index is 11.7. The first-order chi connectivity index (χ1) is 11.6. The van der Waals surface area contributed by atoms with Crippen molar-refractivity contribution in [3.05, 3.63) is 18.3 Å². The maximum Gasteiger partial charge on any atom is 0.241 e. The molecule has 2 fully saturated rings. The number of aromatic nitrogens is 1. The van der Waals surface area contributed by atoms with Gasteiger partial charge in [-0.25, -0.2) is 18.1 Å². The van der Waals surface area contributed by atoms with E-state index in [0.717, 1.165) is 51.5 Å². The summed E-state index contributed by atoms with van der Waals surface area (Å²) in [6.07, 6.45) is 4.73. The Labute approximate surface area is 143 Å². The molecule has 3 heterocycles. The third-order valence-electron chi connectivity index (χ3n) is 4.80. The molecule has 0 bridgehead atoms. The fourth-order valence-corrected chi connectivity index (χ4v) is 3.98. The molecule has 0 saturated carbocycles. The zero-order chi connectivity index (χ0) is 17.0. The molecule has 1 aromatic heterocycles. The molecule has 1 unspecified atom stereocenters. The Balaban J connectivity index is 1.47. The van der Waals surface area contributed by atoms with Crippen LogP contribution in [0, 0.1) is 5.92 Å². The van der Waals surface area contributed by atoms with Crippen molar-refractivity contribution in [1.29, 1.82) is 0 Å². The zero-order valence-corrected chi connectivity index (χ0v) is 14.9. The van der Waals surface area contributed by atoms with Gasteiger partial charge >= 0.3 is 0 Å². The van der Waals surface area contributed by atoms with Crippen molar-refractivity contribution >= 4 is 15.8 Å². The predicted molar refractivity (Wildman–Crippen MR) is 92.5 cm³/mol. The van der Waals surface area contributed by atoms with Gasteiger partial charge in [-0.1, -0.05) is 0 Å². The highest BCUT2D eigenvalue weighted by atomic mass is 32.2. The second kappa shape index (κ2) is 7.77. The number of nitrogens with zero attached hydrogens (tertiary/aromatic N) is 2. The van der Waals surface area contributed by atoms with Crippen LogP contribution < -0.4 is 10.0 Å². The second-order valence-corrected chi connectivity index (χ2v) is 8.42. The van der Waals surface area contributed by atoms with Crippen LogP contribution in [0.4, 0.5) is 5.82 Å². The molecule has 7 nitrogen and oxygen atoms in total. The van der Waals surface area contributed by atoms with Crippen molar-refractivity contribution in [3.63, 3.8) is 0 Å². The van der Waals surface area contributed by atoms with Crippen molar-refractivity contribution in [3.8, 4) is 0 Å². The van der Waals surface area contributed by atoms with Gasteiger partial charge in [-0.3, -0.25) is 0 Å². The highest BCUT2D eigenvalue weighted by molar-refractivity contribution is 7.89. The van der Waals surface area contributed by atoms with Gasteiger partial charge in [0.1, 0.15) is 10.7 Å². The molecule has 0 radical (unpaired) electrons. The van der Waals surface area contributed by atoms with Crippen molar-refractivity contribution in [2.24, 2.45) is 5.92 Å². The topological polar surface area (TPSA) is 83.6 Å². The van der Waals surface area contributed by atoms with E-state index in [1.165, 1.54) is 19.7 Å². The van der Waals surface area contributed by atoms with Crippen LogP contribution in [0.25, 0.3) is 0 Å². The van der Waals surface area contributed by atoms with Crippen molar-refractivity contribution in [1.82, 2.24) is 14.6 Å². The lowest BCUT2D eigenvalue weighted by Gasteiger charge is -2.33. The highest BCUT2D eigenvalue weighted by Gasteiger charge is 2.24. The molecular weight excluding hydrogens is 328 g/mol. The number of hydrogen-bond donors (Lipinski definition) is 2. The number of rotatable bonds is 6. The Bertz CT molecular complexity index is 621. The third kappa shape index (κ3) is 4.44. The number of pyridine rings is 1. The largest absolute Gasteiger partial charge is 0.381 e. The summed E-state index contributed by atoms with van der Waals surface area (Å²) in [6.45, 7) is 5.12. The quantitative estimate of drug-likeness (QED) is 0.790. The van der Waals surface area contributed by atoms with Crippen LogP contribution in [0.3, 0.4) is 0 Å². The molecule has 3 rings (SSSR count). The molecule has 0 aromatic carbocycles. The molecule has 0 spiro atoms. The van der Waals surface area contributed by atoms with Crippen molar-refractivity contribution in [2.45, 2.75) is 30.2 Å². The number of hydrogen-bond acceptors (Lipinski definition) is 6. The SMILES string of the molecule is CNS(=O)(=O)c1ccc(NC2CCN(CC3CCOC3)CC2)nc1. The van der Waals surface area contributed by atoms with E-state index >= 15 is 0 Å². The first-order valence-corrected chi connectivity index (χ1v) is 10.0. The summed E-state index contributed by atoms with van der Waals surface area (Å²) in [5.41, 5.74) is 0. The monoisotopic (exact) mass is 354 g/mol. The fraction of sp³-hybridized carbons (Fsp3) is 0.688. The fourth-order valence-electron chi connectivity index (χ4n) is 3.30. The molecular formula is C16H26N4O3S. The number of sulfonamides is 1. The van der Waals surface area contributed by atoms with Crippen LogP contribution in [0.2, 0.25) is 0 Å². The van der Waals surface area contributed by atoms with Crippen LogP contribution in [0.5, 0.6) is 0 Å². The Morgan fingerprint density at radius 1 is 1.29 bits per heavy atom. The van der Waals surface area contributed by atoms with Crippen LogP contribution in [-0.4, -0.2) is 64.2 Å². The van der Waals surface area contributed by atoms with Gasteiger partial charge < -0.3 is 15.0 Å². The molecule has 2 N–H and O–H groups in total. The minimum absolute atomic E-state index is 0.184. The van der Waals surface area contributed by atoms with Crippen LogP contribution in [-0.2, 0) is 14.8 Å². The summed E-state index contributed by atoms with van der Waals surface area (Å²) in [4.78, 5) is 6.93. The number of piperidine rings is 1. The average molecular weight is 354 g/mol. The van der Waals surface area contributed by atoms with Crippen molar-refractivity contribution in [2.75, 3.05) is 45.2 Å². The average Bonchev–Trinajstić information content (AvgIpc) is 3.10. The smallest absolute Gasteiger partial charge is 0.241 e.